The van der Waals surface area contributed by atoms with Crippen LogP contribution in [0.15, 0.2) is 47.0 Å². The van der Waals surface area contributed by atoms with Gasteiger partial charge in [-0.05, 0) is 56.3 Å². The number of hydrogen-bond donors (Lipinski definition) is 0. The average Bonchev–Trinajstić information content (AvgIpc) is 3.45. The zero-order valence-electron chi connectivity index (χ0n) is 21.9. The minimum Gasteiger partial charge on any atom is -1.00 e. The minimum absolute atomic E-state index is 0. The van der Waals surface area contributed by atoms with Gasteiger partial charge in [-0.2, -0.15) is 0 Å². The average molecular weight is 587 g/mol. The first-order chi connectivity index (χ1) is 18.1. The molecule has 8 nitrogen and oxygen atoms in total. The van der Waals surface area contributed by atoms with Gasteiger partial charge in [-0.25, -0.2) is 4.79 Å². The number of carbonyl (C=O) groups excluding carboxylic acids is 1. The van der Waals surface area contributed by atoms with Gasteiger partial charge < -0.3 is 40.2 Å². The highest BCUT2D eigenvalue weighted by Crippen LogP contribution is 2.35. The molecular weight excluding hydrogens is 550 g/mol. The Morgan fingerprint density at radius 3 is 2.58 bits per heavy atom. The monoisotopic (exact) mass is 585 g/mol. The van der Waals surface area contributed by atoms with E-state index < -0.39 is 6.04 Å². The number of carbonyl (C=O) groups is 1. The van der Waals surface area contributed by atoms with Crippen molar-refractivity contribution in [1.29, 1.82) is 0 Å². The Bertz CT molecular complexity index is 1250. The molecular formula is C29H36BrN3O5. The Morgan fingerprint density at radius 1 is 1.05 bits per heavy atom. The molecule has 3 aliphatic heterocycles. The molecule has 38 heavy (non-hydrogen) atoms. The van der Waals surface area contributed by atoms with Gasteiger partial charge in [0.05, 0.1) is 20.1 Å². The summed E-state index contributed by atoms with van der Waals surface area (Å²) in [5.74, 6) is 2.05. The highest BCUT2D eigenvalue weighted by molar-refractivity contribution is 5.87. The summed E-state index contributed by atoms with van der Waals surface area (Å²) in [5.41, 5.74) is 2.01. The smallest absolute Gasteiger partial charge is 0.331 e. The van der Waals surface area contributed by atoms with Crippen LogP contribution in [0.3, 0.4) is 0 Å². The van der Waals surface area contributed by atoms with E-state index in [0.717, 1.165) is 85.3 Å². The van der Waals surface area contributed by atoms with E-state index in [1.165, 1.54) is 18.4 Å². The zero-order chi connectivity index (χ0) is 25.2. The van der Waals surface area contributed by atoms with Gasteiger partial charge in [-0.1, -0.05) is 30.1 Å². The standard InChI is InChI=1S/C29H36N3O5.BrH/c1-32(19-21-10-11-25-26(18-21)35-20-34-25)16-12-22(13-17-32)36-29(33)27(31-14-6-2-3-7-15-31)28-23-8-4-5-9-24(23)30-37-28;/h4-5,8-11,18,22,27H,2-3,6-7,12-17,19-20H2,1H3;1H/q+1;/p-1. The molecule has 0 N–H and O–H groups in total. The van der Waals surface area contributed by atoms with E-state index in [4.69, 9.17) is 18.7 Å². The van der Waals surface area contributed by atoms with Crippen molar-refractivity contribution in [2.75, 3.05) is 40.0 Å². The second-order valence-corrected chi connectivity index (χ2v) is 11.0. The molecule has 3 aliphatic rings. The second-order valence-electron chi connectivity index (χ2n) is 11.0. The van der Waals surface area contributed by atoms with Crippen LogP contribution < -0.4 is 26.5 Å². The van der Waals surface area contributed by atoms with Gasteiger partial charge >= 0.3 is 5.97 Å². The molecule has 4 heterocycles. The van der Waals surface area contributed by atoms with Crippen LogP contribution >= 0.6 is 0 Å². The highest BCUT2D eigenvalue weighted by atomic mass is 79.9. The fourth-order valence-electron chi connectivity index (χ4n) is 6.03. The quantitative estimate of drug-likeness (QED) is 0.323. The van der Waals surface area contributed by atoms with E-state index in [-0.39, 0.29) is 29.1 Å². The van der Waals surface area contributed by atoms with E-state index in [0.29, 0.717) is 12.6 Å². The lowest BCUT2D eigenvalue weighted by atomic mass is 10.0. The summed E-state index contributed by atoms with van der Waals surface area (Å²) in [6.45, 7) is 4.84. The van der Waals surface area contributed by atoms with Gasteiger partial charge in [0.2, 0.25) is 6.79 Å². The SMILES string of the molecule is C[N+]1(Cc2ccc3c(c2)OCO3)CCC(OC(=O)C(c2onc3ccccc23)N2CCCCCC2)CC1.[Br-]. The maximum atomic E-state index is 13.7. The van der Waals surface area contributed by atoms with Crippen molar-refractivity contribution < 1.29 is 45.0 Å². The molecule has 0 saturated carbocycles. The maximum absolute atomic E-state index is 13.7. The van der Waals surface area contributed by atoms with Crippen LogP contribution in [-0.2, 0) is 16.1 Å². The van der Waals surface area contributed by atoms with Crippen LogP contribution in [0, 0.1) is 0 Å². The molecule has 2 fully saturated rings. The number of fused-ring (bicyclic) bond motifs is 2. The number of quaternary nitrogens is 1. The predicted molar refractivity (Wildman–Crippen MR) is 138 cm³/mol. The molecule has 1 atom stereocenters. The number of benzene rings is 2. The lowest BCUT2D eigenvalue weighted by Crippen LogP contribution is -3.00. The molecule has 1 aromatic heterocycles. The lowest BCUT2D eigenvalue weighted by molar-refractivity contribution is -0.927. The summed E-state index contributed by atoms with van der Waals surface area (Å²) in [5, 5.41) is 5.13. The fourth-order valence-corrected chi connectivity index (χ4v) is 6.03. The third-order valence-electron chi connectivity index (χ3n) is 8.16. The Hall–Kier alpha value is -2.62. The molecule has 9 heteroatoms. The van der Waals surface area contributed by atoms with Crippen molar-refractivity contribution in [3.63, 3.8) is 0 Å². The number of nitrogens with zero attached hydrogens (tertiary/aromatic N) is 3. The van der Waals surface area contributed by atoms with Gasteiger partial charge in [-0.15, -0.1) is 0 Å². The molecule has 0 spiro atoms. The first-order valence-electron chi connectivity index (χ1n) is 13.6. The largest absolute Gasteiger partial charge is 1.00 e. The third-order valence-corrected chi connectivity index (χ3v) is 8.16. The van der Waals surface area contributed by atoms with E-state index in [1.807, 2.05) is 30.3 Å². The highest BCUT2D eigenvalue weighted by Gasteiger charge is 2.38. The summed E-state index contributed by atoms with van der Waals surface area (Å²) in [4.78, 5) is 16.0. The molecule has 0 bridgehead atoms. The van der Waals surface area contributed by atoms with Crippen molar-refractivity contribution >= 4 is 16.9 Å². The maximum Gasteiger partial charge on any atom is 0.331 e. The van der Waals surface area contributed by atoms with Crippen molar-refractivity contribution in [2.45, 2.75) is 57.2 Å². The van der Waals surface area contributed by atoms with Gasteiger partial charge in [0.1, 0.15) is 18.2 Å². The van der Waals surface area contributed by atoms with Gasteiger partial charge in [0.25, 0.3) is 0 Å². The molecule has 0 radical (unpaired) electrons. The summed E-state index contributed by atoms with van der Waals surface area (Å²) in [7, 11) is 2.28. The fraction of sp³-hybridized carbons (Fsp3) is 0.517. The molecule has 1 unspecified atom stereocenters. The van der Waals surface area contributed by atoms with Crippen molar-refractivity contribution in [3.8, 4) is 11.5 Å². The number of halogens is 1. The van der Waals surface area contributed by atoms with Crippen molar-refractivity contribution in [2.24, 2.45) is 0 Å². The molecule has 2 saturated heterocycles. The molecule has 2 aromatic carbocycles. The Morgan fingerprint density at radius 2 is 1.79 bits per heavy atom. The first kappa shape index (κ1) is 27.0. The number of esters is 1. The summed E-state index contributed by atoms with van der Waals surface area (Å²) in [6.07, 6.45) is 6.15. The van der Waals surface area contributed by atoms with Crippen LogP contribution in [0.1, 0.15) is 55.9 Å². The number of hydrogen-bond acceptors (Lipinski definition) is 7. The molecule has 6 rings (SSSR count). The third kappa shape index (κ3) is 5.70. The second kappa shape index (κ2) is 11.6. The van der Waals surface area contributed by atoms with Crippen molar-refractivity contribution in [1.82, 2.24) is 10.1 Å². The summed E-state index contributed by atoms with van der Waals surface area (Å²) < 4.78 is 23.9. The summed E-state index contributed by atoms with van der Waals surface area (Å²) in [6, 6.07) is 13.5. The Kier molecular flexibility index (Phi) is 8.26. The number of likely N-dealkylation sites (tertiary alicyclic amines) is 2. The van der Waals surface area contributed by atoms with Gasteiger partial charge in [0.15, 0.2) is 23.3 Å². The Balaban J connectivity index is 0.00000294. The van der Waals surface area contributed by atoms with Crippen LogP contribution in [-0.4, -0.2) is 66.6 Å². The lowest BCUT2D eigenvalue weighted by Gasteiger charge is -2.40. The van der Waals surface area contributed by atoms with E-state index in [9.17, 15) is 4.79 Å². The number of piperidine rings is 1. The Labute approximate surface area is 234 Å². The van der Waals surface area contributed by atoms with E-state index in [2.05, 4.69) is 29.2 Å². The molecule has 0 aliphatic carbocycles. The van der Waals surface area contributed by atoms with E-state index in [1.54, 1.807) is 0 Å². The topological polar surface area (TPSA) is 74.0 Å². The summed E-state index contributed by atoms with van der Waals surface area (Å²) >= 11 is 0. The number of rotatable bonds is 6. The molecule has 204 valence electrons. The molecule has 0 amide bonds. The number of ether oxygens (including phenoxy) is 3. The van der Waals surface area contributed by atoms with Crippen LogP contribution in [0.4, 0.5) is 0 Å². The van der Waals surface area contributed by atoms with Crippen LogP contribution in [0.25, 0.3) is 10.9 Å². The van der Waals surface area contributed by atoms with Crippen LogP contribution in [0.5, 0.6) is 11.5 Å². The molecule has 3 aromatic rings. The normalized spacial score (nSPS) is 24.4. The van der Waals surface area contributed by atoms with Gasteiger partial charge in [0, 0.05) is 23.8 Å². The number of aromatic nitrogens is 1. The van der Waals surface area contributed by atoms with Crippen molar-refractivity contribution in [3.05, 3.63) is 53.8 Å². The van der Waals surface area contributed by atoms with Gasteiger partial charge in [-0.3, -0.25) is 4.90 Å². The minimum atomic E-state index is -0.554. The predicted octanol–water partition coefficient (Wildman–Crippen LogP) is 1.83. The van der Waals surface area contributed by atoms with E-state index >= 15 is 0 Å². The zero-order valence-corrected chi connectivity index (χ0v) is 23.5. The van der Waals surface area contributed by atoms with Crippen LogP contribution in [0.2, 0.25) is 0 Å². The first-order valence-corrected chi connectivity index (χ1v) is 13.6.